The van der Waals surface area contributed by atoms with Crippen molar-refractivity contribution in [3.63, 3.8) is 0 Å². The van der Waals surface area contributed by atoms with E-state index in [-0.39, 0.29) is 19.0 Å². The van der Waals surface area contributed by atoms with E-state index >= 15 is 0 Å². The molecule has 3 aromatic rings. The van der Waals surface area contributed by atoms with Gasteiger partial charge >= 0.3 is 5.97 Å². The number of hydrogen-bond donors (Lipinski definition) is 1. The third-order valence-corrected chi connectivity index (χ3v) is 6.14. The van der Waals surface area contributed by atoms with Gasteiger partial charge in [0.1, 0.15) is 11.9 Å². The molecule has 0 bridgehead atoms. The van der Waals surface area contributed by atoms with Crippen LogP contribution in [0.4, 0.5) is 4.39 Å². The predicted molar refractivity (Wildman–Crippen MR) is 120 cm³/mol. The summed E-state index contributed by atoms with van der Waals surface area (Å²) in [5.41, 5.74) is 2.05. The van der Waals surface area contributed by atoms with Crippen molar-refractivity contribution in [2.45, 2.75) is 24.0 Å². The van der Waals surface area contributed by atoms with E-state index in [0.717, 1.165) is 0 Å². The molecule has 0 spiro atoms. The van der Waals surface area contributed by atoms with Crippen LogP contribution in [0.3, 0.4) is 0 Å². The van der Waals surface area contributed by atoms with E-state index in [1.165, 1.54) is 24.9 Å². The van der Waals surface area contributed by atoms with Crippen LogP contribution in [-0.2, 0) is 9.53 Å². The molecule has 0 saturated heterocycles. The third kappa shape index (κ3) is 4.41. The molecule has 32 heavy (non-hydrogen) atoms. The Hall–Kier alpha value is -2.75. The number of fused-ring (bicyclic) bond motifs is 3. The molecule has 0 saturated carbocycles. The summed E-state index contributed by atoms with van der Waals surface area (Å²) in [6, 6.07) is 11.1. The molecular weight excluding hydrogens is 455 g/mol. The third-order valence-electron chi connectivity index (χ3n) is 5.00. The Balaban J connectivity index is 1.94. The standard InChI is InChI=1S/C22H20ClFN4O3S/c1-31-19(30)9-7-17-21-26-27-22(32-11-10-29)28(21)18-8-6-13(23)12-15(18)20(25-17)14-4-2-3-5-16(14)24/h2-6,8,12,17,29H,7,9-11H2,1H3/t17-/m0/s1. The SMILES string of the molecule is COC(=O)CC[C@@H]1N=C(c2ccccc2F)c2cc(Cl)ccc2-n2c(SCCO)nnc21. The highest BCUT2D eigenvalue weighted by atomic mass is 35.5. The summed E-state index contributed by atoms with van der Waals surface area (Å²) in [6.45, 7) is -0.0247. The van der Waals surface area contributed by atoms with E-state index in [1.54, 1.807) is 30.3 Å². The molecule has 2 aromatic carbocycles. The molecule has 4 rings (SSSR count). The molecule has 0 radical (unpaired) electrons. The van der Waals surface area contributed by atoms with E-state index in [4.69, 9.17) is 21.3 Å². The number of hydrogen-bond acceptors (Lipinski definition) is 7. The lowest BCUT2D eigenvalue weighted by atomic mass is 10.00. The lowest BCUT2D eigenvalue weighted by molar-refractivity contribution is -0.140. The van der Waals surface area contributed by atoms with Crippen LogP contribution < -0.4 is 0 Å². The molecule has 2 heterocycles. The molecule has 0 unspecified atom stereocenters. The number of ether oxygens (including phenoxy) is 1. The Kier molecular flexibility index (Phi) is 6.88. The van der Waals surface area contributed by atoms with E-state index in [0.29, 0.717) is 50.7 Å². The fraction of sp³-hybridized carbons (Fsp3) is 0.273. The smallest absolute Gasteiger partial charge is 0.305 e. The Morgan fingerprint density at radius 1 is 1.25 bits per heavy atom. The number of benzene rings is 2. The second-order valence-electron chi connectivity index (χ2n) is 7.00. The molecule has 1 aliphatic heterocycles. The summed E-state index contributed by atoms with van der Waals surface area (Å²) in [4.78, 5) is 16.7. The van der Waals surface area contributed by atoms with E-state index < -0.39 is 11.9 Å². The Morgan fingerprint density at radius 2 is 2.06 bits per heavy atom. The first-order valence-corrected chi connectivity index (χ1v) is 11.3. The maximum Gasteiger partial charge on any atom is 0.305 e. The van der Waals surface area contributed by atoms with Crippen molar-refractivity contribution in [2.75, 3.05) is 19.5 Å². The first-order valence-electron chi connectivity index (χ1n) is 9.92. The van der Waals surface area contributed by atoms with Gasteiger partial charge in [-0.25, -0.2) is 4.39 Å². The van der Waals surface area contributed by atoms with Gasteiger partial charge in [0.25, 0.3) is 0 Å². The van der Waals surface area contributed by atoms with Crippen molar-refractivity contribution >= 4 is 35.0 Å². The molecule has 166 valence electrons. The van der Waals surface area contributed by atoms with Crippen molar-refractivity contribution in [1.29, 1.82) is 0 Å². The molecule has 0 aliphatic carbocycles. The number of methoxy groups -OCH3 is 1. The van der Waals surface area contributed by atoms with Crippen LogP contribution in [0.15, 0.2) is 52.6 Å². The van der Waals surface area contributed by atoms with Gasteiger partial charge < -0.3 is 9.84 Å². The first-order chi connectivity index (χ1) is 15.5. The predicted octanol–water partition coefficient (Wildman–Crippen LogP) is 3.99. The van der Waals surface area contributed by atoms with Gasteiger partial charge in [-0.05, 0) is 36.8 Å². The van der Waals surface area contributed by atoms with Crippen molar-refractivity contribution in [2.24, 2.45) is 4.99 Å². The van der Waals surface area contributed by atoms with Crippen molar-refractivity contribution in [3.05, 3.63) is 70.3 Å². The molecular formula is C22H20ClFN4O3S. The Bertz CT molecular complexity index is 1180. The molecule has 0 fully saturated rings. The summed E-state index contributed by atoms with van der Waals surface area (Å²) in [6.07, 6.45) is 0.410. The summed E-state index contributed by atoms with van der Waals surface area (Å²) >= 11 is 7.66. The zero-order valence-corrected chi connectivity index (χ0v) is 18.7. The summed E-state index contributed by atoms with van der Waals surface area (Å²) in [7, 11) is 1.33. The molecule has 1 N–H and O–H groups in total. The molecule has 10 heteroatoms. The largest absolute Gasteiger partial charge is 0.469 e. The minimum Gasteiger partial charge on any atom is -0.469 e. The van der Waals surface area contributed by atoms with E-state index in [9.17, 15) is 14.3 Å². The summed E-state index contributed by atoms with van der Waals surface area (Å²) in [5.74, 6) is 0.147. The van der Waals surface area contributed by atoms with Crippen LogP contribution >= 0.6 is 23.4 Å². The number of carbonyl (C=O) groups excluding carboxylic acids is 1. The van der Waals surface area contributed by atoms with Crippen LogP contribution in [0.2, 0.25) is 5.02 Å². The van der Waals surface area contributed by atoms with Gasteiger partial charge in [0, 0.05) is 28.3 Å². The van der Waals surface area contributed by atoms with E-state index in [2.05, 4.69) is 10.2 Å². The number of thioether (sulfide) groups is 1. The van der Waals surface area contributed by atoms with Gasteiger partial charge in [0.2, 0.25) is 0 Å². The number of nitrogens with zero attached hydrogens (tertiary/aromatic N) is 4. The van der Waals surface area contributed by atoms with Crippen LogP contribution in [0.1, 0.15) is 35.8 Å². The molecule has 0 amide bonds. The van der Waals surface area contributed by atoms with Gasteiger partial charge in [-0.15, -0.1) is 10.2 Å². The number of aromatic nitrogens is 3. The van der Waals surface area contributed by atoms with Crippen LogP contribution in [-0.4, -0.2) is 51.0 Å². The number of aliphatic hydroxyl groups excluding tert-OH is 1. The minimum absolute atomic E-state index is 0.0247. The number of rotatable bonds is 7. The fourth-order valence-corrected chi connectivity index (χ4v) is 4.41. The zero-order chi connectivity index (χ0) is 22.7. The second kappa shape index (κ2) is 9.81. The van der Waals surface area contributed by atoms with Crippen LogP contribution in [0, 0.1) is 5.82 Å². The first kappa shape index (κ1) is 22.4. The summed E-state index contributed by atoms with van der Waals surface area (Å²) < 4.78 is 21.5. The maximum atomic E-state index is 14.8. The monoisotopic (exact) mass is 474 g/mol. The fourth-order valence-electron chi connectivity index (χ4n) is 3.55. The zero-order valence-electron chi connectivity index (χ0n) is 17.2. The van der Waals surface area contributed by atoms with E-state index in [1.807, 2.05) is 10.6 Å². The number of carbonyl (C=O) groups is 1. The van der Waals surface area contributed by atoms with Crippen molar-refractivity contribution in [3.8, 4) is 5.69 Å². The Morgan fingerprint density at radius 3 is 2.81 bits per heavy atom. The van der Waals surface area contributed by atoms with Gasteiger partial charge in [-0.2, -0.15) is 0 Å². The molecule has 1 aliphatic rings. The number of esters is 1. The number of aliphatic imine (C=N–C) groups is 1. The second-order valence-corrected chi connectivity index (χ2v) is 8.50. The average Bonchev–Trinajstić information content (AvgIpc) is 3.16. The quantitative estimate of drug-likeness (QED) is 0.411. The minimum atomic E-state index is -0.578. The van der Waals surface area contributed by atoms with Crippen molar-refractivity contribution < 1.29 is 19.0 Å². The Labute approximate surface area is 193 Å². The number of halogens is 2. The van der Waals surface area contributed by atoms with Crippen molar-refractivity contribution in [1.82, 2.24) is 14.8 Å². The highest BCUT2D eigenvalue weighted by Crippen LogP contribution is 2.36. The lowest BCUT2D eigenvalue weighted by Gasteiger charge is -2.14. The molecule has 7 nitrogen and oxygen atoms in total. The number of aliphatic hydroxyl groups is 1. The van der Waals surface area contributed by atoms with Gasteiger partial charge in [0.05, 0.1) is 25.1 Å². The van der Waals surface area contributed by atoms with Crippen LogP contribution in [0.25, 0.3) is 5.69 Å². The van der Waals surface area contributed by atoms with Gasteiger partial charge in [-0.3, -0.25) is 14.4 Å². The molecule has 1 atom stereocenters. The van der Waals surface area contributed by atoms with Crippen LogP contribution in [0.5, 0.6) is 0 Å². The normalized spacial score (nSPS) is 14.9. The van der Waals surface area contributed by atoms with Gasteiger partial charge in [-0.1, -0.05) is 35.5 Å². The maximum absolute atomic E-state index is 14.8. The summed E-state index contributed by atoms with van der Waals surface area (Å²) in [5, 5.41) is 19.0. The highest BCUT2D eigenvalue weighted by molar-refractivity contribution is 7.99. The topological polar surface area (TPSA) is 89.6 Å². The van der Waals surface area contributed by atoms with Gasteiger partial charge in [0.15, 0.2) is 11.0 Å². The lowest BCUT2D eigenvalue weighted by Crippen LogP contribution is -2.10. The average molecular weight is 475 g/mol. The highest BCUT2D eigenvalue weighted by Gasteiger charge is 2.30. The molecule has 1 aromatic heterocycles.